The molecule has 13 nitrogen and oxygen atoms in total. The summed E-state index contributed by atoms with van der Waals surface area (Å²) >= 11 is 1.20. The predicted molar refractivity (Wildman–Crippen MR) is 135 cm³/mol. The summed E-state index contributed by atoms with van der Waals surface area (Å²) in [6.45, 7) is 6.84. The first-order chi connectivity index (χ1) is 16.7. The van der Waals surface area contributed by atoms with E-state index in [2.05, 4.69) is 22.2 Å². The highest BCUT2D eigenvalue weighted by atomic mass is 32.2. The van der Waals surface area contributed by atoms with Crippen LogP contribution in [-0.4, -0.2) is 70.4 Å². The van der Waals surface area contributed by atoms with E-state index in [9.17, 15) is 9.59 Å². The van der Waals surface area contributed by atoms with Crippen LogP contribution < -0.4 is 21.5 Å². The molecule has 1 aromatic carbocycles. The normalized spacial score (nSPS) is 17.4. The van der Waals surface area contributed by atoms with Gasteiger partial charge in [-0.15, -0.1) is 11.8 Å². The molecule has 15 heteroatoms. The van der Waals surface area contributed by atoms with Crippen LogP contribution in [0.3, 0.4) is 0 Å². The van der Waals surface area contributed by atoms with Gasteiger partial charge in [0.1, 0.15) is 29.9 Å². The van der Waals surface area contributed by atoms with Gasteiger partial charge in [-0.25, -0.2) is 0 Å². The van der Waals surface area contributed by atoms with Gasteiger partial charge < -0.3 is 30.9 Å². The van der Waals surface area contributed by atoms with Crippen molar-refractivity contribution in [2.45, 2.75) is 25.4 Å². The minimum absolute atomic E-state index is 0.0110. The summed E-state index contributed by atoms with van der Waals surface area (Å²) in [5.74, 6) is -0.573. The number of rotatable bonds is 14. The molecular weight excluding hydrogens is 498 g/mol. The van der Waals surface area contributed by atoms with Crippen LogP contribution in [0.5, 0.6) is 5.75 Å². The number of hydrogen-bond acceptors (Lipinski definition) is 12. The molecule has 0 spiro atoms. The number of aliphatic imine (C=N–C) groups is 1. The van der Waals surface area contributed by atoms with Crippen LogP contribution in [0.25, 0.3) is 0 Å². The molecule has 0 saturated carbocycles. The Morgan fingerprint density at radius 3 is 2.60 bits per heavy atom. The molecule has 1 aliphatic heterocycles. The topological polar surface area (TPSA) is 198 Å². The monoisotopic (exact) mass is 525 g/mol. The molecule has 35 heavy (non-hydrogen) atoms. The highest BCUT2D eigenvalue weighted by Crippen LogP contribution is 2.33. The van der Waals surface area contributed by atoms with Crippen LogP contribution in [-0.2, 0) is 18.7 Å². The second-order valence-electron chi connectivity index (χ2n) is 7.40. The second-order valence-corrected chi connectivity index (χ2v) is 8.60. The summed E-state index contributed by atoms with van der Waals surface area (Å²) in [5, 5.41) is 16.3. The van der Waals surface area contributed by atoms with Crippen LogP contribution in [0.1, 0.15) is 19.4 Å². The van der Waals surface area contributed by atoms with Crippen molar-refractivity contribution in [2.75, 3.05) is 19.1 Å². The minimum atomic E-state index is -0.943. The van der Waals surface area contributed by atoms with Crippen molar-refractivity contribution in [3.63, 3.8) is 0 Å². The summed E-state index contributed by atoms with van der Waals surface area (Å²) in [5.41, 5.74) is 10.4. The first-order valence-corrected chi connectivity index (χ1v) is 11.8. The number of amides is 2. The maximum Gasteiger partial charge on any atom is 0.276 e. The first-order valence-electron chi connectivity index (χ1n) is 10.1. The predicted octanol–water partition coefficient (Wildman–Crippen LogP) is 1.07. The standard InChI is InChI=1S/C20H27N7O6S2/c1-20(2)16(19(29)27(20)33-35-30)25-18(28)15(14(24-3)10-34-11-21)26-32-9-8-31-13-6-4-12(5-7-13)17(22)23/h4-7,10,16,30H,3,8-9,11,21H2,1-2H3,(H3,22,23)(H,25,28)/b14-10-,26-15-/t16-/m1/s1. The van der Waals surface area contributed by atoms with Gasteiger partial charge in [0.05, 0.1) is 5.54 Å². The third-order valence-electron chi connectivity index (χ3n) is 4.74. The maximum absolute atomic E-state index is 13.0. The van der Waals surface area contributed by atoms with E-state index in [0.717, 1.165) is 5.06 Å². The fraction of sp³-hybridized carbons (Fsp3) is 0.350. The molecular formula is C20H27N7O6S2. The van der Waals surface area contributed by atoms with Gasteiger partial charge in [0.15, 0.2) is 24.6 Å². The Labute approximate surface area is 210 Å². The number of carbonyl (C=O) groups is 2. The largest absolute Gasteiger partial charge is 0.490 e. The van der Waals surface area contributed by atoms with Crippen molar-refractivity contribution >= 4 is 54.2 Å². The van der Waals surface area contributed by atoms with Crippen molar-refractivity contribution in [2.24, 2.45) is 21.6 Å². The highest BCUT2D eigenvalue weighted by molar-refractivity contribution is 8.02. The zero-order chi connectivity index (χ0) is 26.0. The Kier molecular flexibility index (Phi) is 10.5. The van der Waals surface area contributed by atoms with E-state index >= 15 is 0 Å². The molecule has 0 aromatic heterocycles. The van der Waals surface area contributed by atoms with E-state index in [0.29, 0.717) is 11.3 Å². The molecule has 1 atom stereocenters. The number of nitrogens with zero attached hydrogens (tertiary/aromatic N) is 3. The summed E-state index contributed by atoms with van der Waals surface area (Å²) in [6, 6.07) is 5.67. The van der Waals surface area contributed by atoms with Crippen molar-refractivity contribution in [3.05, 3.63) is 40.9 Å². The van der Waals surface area contributed by atoms with Crippen molar-refractivity contribution in [3.8, 4) is 5.75 Å². The number of hydroxylamine groups is 2. The molecule has 190 valence electrons. The lowest BCUT2D eigenvalue weighted by Crippen LogP contribution is -2.76. The molecule has 0 radical (unpaired) electrons. The van der Waals surface area contributed by atoms with Crippen molar-refractivity contribution in [1.29, 1.82) is 5.41 Å². The molecule has 0 unspecified atom stereocenters. The van der Waals surface area contributed by atoms with Gasteiger partial charge in [-0.05, 0) is 44.8 Å². The number of nitrogens with two attached hydrogens (primary N) is 2. The van der Waals surface area contributed by atoms with Gasteiger partial charge in [0.2, 0.25) is 0 Å². The Bertz CT molecular complexity index is 1000. The zero-order valence-electron chi connectivity index (χ0n) is 19.1. The molecule has 2 rings (SSSR count). The first kappa shape index (κ1) is 28.1. The fourth-order valence-electron chi connectivity index (χ4n) is 2.90. The van der Waals surface area contributed by atoms with Crippen LogP contribution in [0.4, 0.5) is 0 Å². The summed E-state index contributed by atoms with van der Waals surface area (Å²) < 4.78 is 19.2. The second kappa shape index (κ2) is 13.1. The van der Waals surface area contributed by atoms with E-state index < -0.39 is 23.4 Å². The fourth-order valence-corrected chi connectivity index (χ4v) is 3.67. The van der Waals surface area contributed by atoms with E-state index in [1.54, 1.807) is 38.1 Å². The van der Waals surface area contributed by atoms with Gasteiger partial charge in [-0.1, -0.05) is 5.16 Å². The number of β-lactam (4-membered cyclic amide) rings is 1. The number of hydrogen-bond donors (Lipinski definition) is 5. The smallest absolute Gasteiger partial charge is 0.276 e. The Morgan fingerprint density at radius 2 is 2.06 bits per heavy atom. The third kappa shape index (κ3) is 7.19. The van der Waals surface area contributed by atoms with E-state index in [1.807, 2.05) is 0 Å². The lowest BCUT2D eigenvalue weighted by Gasteiger charge is -2.50. The van der Waals surface area contributed by atoms with Crippen LogP contribution in [0.2, 0.25) is 0 Å². The third-order valence-corrected chi connectivity index (χ3v) is 5.54. The number of nitrogen functional groups attached to an aromatic ring is 1. The van der Waals surface area contributed by atoms with Gasteiger partial charge in [-0.2, -0.15) is 9.35 Å². The van der Waals surface area contributed by atoms with Crippen LogP contribution in [0.15, 0.2) is 45.5 Å². The number of ether oxygens (including phenoxy) is 1. The van der Waals surface area contributed by atoms with Crippen molar-refractivity contribution < 1.29 is 28.0 Å². The van der Waals surface area contributed by atoms with E-state index in [4.69, 9.17) is 35.3 Å². The number of thioether (sulfide) groups is 1. The van der Waals surface area contributed by atoms with Crippen LogP contribution in [0, 0.1) is 5.41 Å². The number of nitrogens with one attached hydrogen (secondary N) is 2. The molecule has 0 aliphatic carbocycles. The average molecular weight is 526 g/mol. The van der Waals surface area contributed by atoms with Gasteiger partial charge >= 0.3 is 0 Å². The molecule has 1 heterocycles. The Balaban J connectivity index is 2.05. The van der Waals surface area contributed by atoms with E-state index in [-0.39, 0.29) is 48.7 Å². The maximum atomic E-state index is 13.0. The van der Waals surface area contributed by atoms with Crippen molar-refractivity contribution in [1.82, 2.24) is 10.4 Å². The number of benzene rings is 1. The average Bonchev–Trinajstić information content (AvgIpc) is 2.84. The lowest BCUT2D eigenvalue weighted by atomic mass is 9.84. The summed E-state index contributed by atoms with van der Waals surface area (Å²) in [6.07, 6.45) is 0. The number of carbonyl (C=O) groups excluding carboxylic acids is 2. The van der Waals surface area contributed by atoms with Gasteiger partial charge in [0, 0.05) is 16.8 Å². The molecule has 1 aromatic rings. The van der Waals surface area contributed by atoms with E-state index in [1.165, 1.54) is 17.2 Å². The number of amidine groups is 1. The molecule has 7 N–H and O–H groups in total. The molecule has 1 aliphatic rings. The molecule has 2 amide bonds. The SMILES string of the molecule is C=NC(=C\SCN)/C(=N/OCCOc1ccc(C(=N)N)cc1)C(=O)N[C@@H]1C(=O)N(OSO)C1(C)C. The van der Waals surface area contributed by atoms with Crippen LogP contribution >= 0.6 is 24.1 Å². The Morgan fingerprint density at radius 1 is 1.37 bits per heavy atom. The molecule has 0 bridgehead atoms. The van der Waals surface area contributed by atoms with Gasteiger partial charge in [-0.3, -0.25) is 20.0 Å². The summed E-state index contributed by atoms with van der Waals surface area (Å²) in [4.78, 5) is 34.3. The Hall–Kier alpha value is -3.11. The lowest BCUT2D eigenvalue weighted by molar-refractivity contribution is -0.214. The zero-order valence-corrected chi connectivity index (χ0v) is 20.7. The molecule has 1 saturated heterocycles. The quantitative estimate of drug-likeness (QED) is 0.0445. The van der Waals surface area contributed by atoms with Gasteiger partial charge in [0.25, 0.3) is 11.8 Å². The summed E-state index contributed by atoms with van der Waals surface area (Å²) in [7, 11) is 0. The number of oxime groups is 1. The highest BCUT2D eigenvalue weighted by Gasteiger charge is 2.57. The molecule has 1 fully saturated rings. The minimum Gasteiger partial charge on any atom is -0.490 e.